The summed E-state index contributed by atoms with van der Waals surface area (Å²) in [5, 5.41) is 16.0. The zero-order chi connectivity index (χ0) is 21.9. The summed E-state index contributed by atoms with van der Waals surface area (Å²) in [4.78, 5) is 0. The number of allylic oxidation sites excluding steroid dienone is 1. The number of aliphatic hydroxyl groups is 1. The van der Waals surface area contributed by atoms with E-state index in [4.69, 9.17) is 9.52 Å². The van der Waals surface area contributed by atoms with Gasteiger partial charge in [-0.15, -0.1) is 0 Å². The van der Waals surface area contributed by atoms with E-state index >= 15 is 0 Å². The van der Waals surface area contributed by atoms with Crippen LogP contribution in [0.15, 0.2) is 42.5 Å². The Kier molecular flexibility index (Phi) is 7.37. The highest BCUT2D eigenvalue weighted by Crippen LogP contribution is 2.40. The third-order valence-electron chi connectivity index (χ3n) is 7.07. The summed E-state index contributed by atoms with van der Waals surface area (Å²) < 4.78 is 9.12. The van der Waals surface area contributed by atoms with Crippen LogP contribution >= 0.6 is 0 Å². The van der Waals surface area contributed by atoms with Crippen molar-refractivity contribution >= 4 is 13.9 Å². The fourth-order valence-electron chi connectivity index (χ4n) is 4.82. The maximum absolute atomic E-state index is 11.1. The van der Waals surface area contributed by atoms with E-state index in [9.17, 15) is 5.11 Å². The lowest BCUT2D eigenvalue weighted by Crippen LogP contribution is -2.44. The molecule has 0 radical (unpaired) electrons. The predicted octanol–water partition coefficient (Wildman–Crippen LogP) is 5.92. The van der Waals surface area contributed by atoms with E-state index in [1.807, 2.05) is 13.0 Å². The molecule has 4 atom stereocenters. The highest BCUT2D eigenvalue weighted by atomic mass is 28.4. The minimum absolute atomic E-state index is 0.0119. The van der Waals surface area contributed by atoms with Gasteiger partial charge in [-0.3, -0.25) is 4.68 Å². The third kappa shape index (κ3) is 4.63. The summed E-state index contributed by atoms with van der Waals surface area (Å²) in [5.74, 6) is 0.0437. The first-order valence-corrected chi connectivity index (χ1v) is 14.0. The number of hydrogen-bond acceptors (Lipinski definition) is 3. The van der Waals surface area contributed by atoms with Crippen LogP contribution in [0.1, 0.15) is 57.1 Å². The molecule has 0 spiro atoms. The second kappa shape index (κ2) is 9.63. The van der Waals surface area contributed by atoms with Gasteiger partial charge in [-0.1, -0.05) is 58.0 Å². The molecule has 0 aliphatic heterocycles. The van der Waals surface area contributed by atoms with Crippen LogP contribution in [-0.2, 0) is 4.43 Å². The lowest BCUT2D eigenvalue weighted by atomic mass is 9.94. The molecule has 1 aromatic carbocycles. The zero-order valence-corrected chi connectivity index (χ0v) is 20.4. The smallest absolute Gasteiger partial charge is 0.192 e. The summed E-state index contributed by atoms with van der Waals surface area (Å²) in [6, 6.07) is 15.9. The summed E-state index contributed by atoms with van der Waals surface area (Å²) in [6.45, 7) is 13.1. The minimum atomic E-state index is -1.80. The first-order chi connectivity index (χ1) is 14.3. The number of aromatic nitrogens is 2. The predicted molar refractivity (Wildman–Crippen MR) is 127 cm³/mol. The summed E-state index contributed by atoms with van der Waals surface area (Å²) in [5.41, 5.74) is 4.46. The van der Waals surface area contributed by atoms with Gasteiger partial charge in [0.05, 0.1) is 23.9 Å². The number of rotatable bonds is 7. The SMILES string of the molecule is CC[Si](CC)(CC)O[C@@H]1CC(n2nc(C)cc2C)C(c2ccccc2)=C[C@@H](O)[C@H]1C. The van der Waals surface area contributed by atoms with E-state index in [-0.39, 0.29) is 18.1 Å². The molecule has 1 aliphatic carbocycles. The van der Waals surface area contributed by atoms with Gasteiger partial charge in [-0.05, 0) is 61.7 Å². The molecule has 2 aromatic rings. The summed E-state index contributed by atoms with van der Waals surface area (Å²) >= 11 is 0. The van der Waals surface area contributed by atoms with Crippen molar-refractivity contribution in [3.63, 3.8) is 0 Å². The van der Waals surface area contributed by atoms with Gasteiger partial charge >= 0.3 is 0 Å². The van der Waals surface area contributed by atoms with Crippen molar-refractivity contribution in [1.82, 2.24) is 9.78 Å². The summed E-state index contributed by atoms with van der Waals surface area (Å²) in [7, 11) is -1.80. The van der Waals surface area contributed by atoms with Crippen molar-refractivity contribution in [3.05, 3.63) is 59.4 Å². The Morgan fingerprint density at radius 2 is 1.73 bits per heavy atom. The van der Waals surface area contributed by atoms with E-state index in [0.29, 0.717) is 0 Å². The maximum atomic E-state index is 11.1. The minimum Gasteiger partial charge on any atom is -0.413 e. The van der Waals surface area contributed by atoms with Gasteiger partial charge < -0.3 is 9.53 Å². The van der Waals surface area contributed by atoms with Crippen molar-refractivity contribution in [2.75, 3.05) is 0 Å². The monoisotopic (exact) mass is 426 g/mol. The number of nitrogens with zero attached hydrogens (tertiary/aromatic N) is 2. The van der Waals surface area contributed by atoms with Crippen LogP contribution in [0.4, 0.5) is 0 Å². The molecule has 1 aromatic heterocycles. The molecule has 0 saturated heterocycles. The van der Waals surface area contributed by atoms with Crippen molar-refractivity contribution in [2.45, 2.75) is 84.3 Å². The van der Waals surface area contributed by atoms with Crippen molar-refractivity contribution in [3.8, 4) is 0 Å². The third-order valence-corrected chi connectivity index (χ3v) is 11.7. The fourth-order valence-corrected chi connectivity index (χ4v) is 7.77. The Balaban J connectivity index is 2.07. The molecule has 0 saturated carbocycles. The molecule has 164 valence electrons. The van der Waals surface area contributed by atoms with Crippen molar-refractivity contribution < 1.29 is 9.53 Å². The Morgan fingerprint density at radius 3 is 2.27 bits per heavy atom. The van der Waals surface area contributed by atoms with Crippen LogP contribution in [0.5, 0.6) is 0 Å². The first kappa shape index (κ1) is 23.0. The van der Waals surface area contributed by atoms with E-state index in [1.165, 1.54) is 0 Å². The average molecular weight is 427 g/mol. The zero-order valence-electron chi connectivity index (χ0n) is 19.4. The molecular formula is C25H38N2O2Si. The van der Waals surface area contributed by atoms with E-state index < -0.39 is 14.4 Å². The van der Waals surface area contributed by atoms with Crippen molar-refractivity contribution in [2.24, 2.45) is 5.92 Å². The molecule has 4 nitrogen and oxygen atoms in total. The van der Waals surface area contributed by atoms with E-state index in [1.54, 1.807) is 0 Å². The second-order valence-corrected chi connectivity index (χ2v) is 13.6. The fraction of sp³-hybridized carbons (Fsp3) is 0.560. The molecular weight excluding hydrogens is 388 g/mol. The lowest BCUT2D eigenvalue weighted by molar-refractivity contribution is 0.0479. The van der Waals surface area contributed by atoms with Gasteiger partial charge in [0.1, 0.15) is 0 Å². The maximum Gasteiger partial charge on any atom is 0.192 e. The van der Waals surface area contributed by atoms with Gasteiger partial charge in [0.2, 0.25) is 0 Å². The molecule has 30 heavy (non-hydrogen) atoms. The quantitative estimate of drug-likeness (QED) is 0.559. The summed E-state index contributed by atoms with van der Waals surface area (Å²) in [6.07, 6.45) is 2.36. The molecule has 0 fully saturated rings. The molecule has 5 heteroatoms. The standard InChI is InChI=1S/C25H38N2O2Si/c1-7-30(8-2,9-3)29-25-17-23(27-19(5)15-18(4)26-27)22(16-24(28)20(25)6)21-13-11-10-12-14-21/h10-16,20,23-25,28H,7-9,17H2,1-6H3/t20-,23?,24-,25-/m1/s1. The molecule has 3 rings (SSSR count). The number of benzene rings is 1. The van der Waals surface area contributed by atoms with Crippen molar-refractivity contribution in [1.29, 1.82) is 0 Å². The van der Waals surface area contributed by atoms with Crippen LogP contribution in [0.25, 0.3) is 5.57 Å². The Hall–Kier alpha value is -1.69. The molecule has 0 amide bonds. The van der Waals surface area contributed by atoms with Gasteiger partial charge in [-0.2, -0.15) is 5.10 Å². The van der Waals surface area contributed by atoms with Crippen LogP contribution in [-0.4, -0.2) is 35.4 Å². The Labute approximate surface area is 183 Å². The van der Waals surface area contributed by atoms with Gasteiger partial charge in [-0.25, -0.2) is 0 Å². The van der Waals surface area contributed by atoms with E-state index in [2.05, 4.69) is 75.7 Å². The van der Waals surface area contributed by atoms with Crippen LogP contribution in [0, 0.1) is 19.8 Å². The Morgan fingerprint density at radius 1 is 1.10 bits per heavy atom. The normalized spacial score (nSPS) is 25.1. The second-order valence-electron chi connectivity index (χ2n) is 8.86. The van der Waals surface area contributed by atoms with Crippen LogP contribution < -0.4 is 0 Å². The van der Waals surface area contributed by atoms with Crippen LogP contribution in [0.3, 0.4) is 0 Å². The first-order valence-electron chi connectivity index (χ1n) is 11.5. The van der Waals surface area contributed by atoms with Gasteiger partial charge in [0.15, 0.2) is 8.32 Å². The van der Waals surface area contributed by atoms with Crippen LogP contribution in [0.2, 0.25) is 18.1 Å². The highest BCUT2D eigenvalue weighted by Gasteiger charge is 2.40. The average Bonchev–Trinajstić information content (AvgIpc) is 3.04. The molecule has 1 N–H and O–H groups in total. The number of hydrogen-bond donors (Lipinski definition) is 1. The molecule has 1 heterocycles. The number of aliphatic hydroxyl groups excluding tert-OH is 1. The largest absolute Gasteiger partial charge is 0.413 e. The van der Waals surface area contributed by atoms with Gasteiger partial charge in [0.25, 0.3) is 0 Å². The molecule has 0 bridgehead atoms. The molecule has 1 aliphatic rings. The lowest BCUT2D eigenvalue weighted by Gasteiger charge is -2.37. The Bertz CT molecular complexity index is 849. The molecule has 1 unspecified atom stereocenters. The topological polar surface area (TPSA) is 47.3 Å². The van der Waals surface area contributed by atoms with E-state index in [0.717, 1.165) is 47.1 Å². The number of aryl methyl sites for hydroxylation is 2. The highest BCUT2D eigenvalue weighted by molar-refractivity contribution is 6.73. The van der Waals surface area contributed by atoms with Gasteiger partial charge in [0, 0.05) is 11.6 Å².